The number of hydrogen-bond donors (Lipinski definition) is 4. The second-order valence-electron chi connectivity index (χ2n) is 18.9. The molecule has 4 aromatic rings. The van der Waals surface area contributed by atoms with E-state index < -0.39 is 81.3 Å². The van der Waals surface area contributed by atoms with Crippen molar-refractivity contribution in [1.29, 1.82) is 0 Å². The highest BCUT2D eigenvalue weighted by atomic mass is 32.2. The van der Waals surface area contributed by atoms with Crippen LogP contribution in [-0.2, 0) is 73.7 Å². The highest BCUT2D eigenvalue weighted by molar-refractivity contribution is 7.86. The zero-order valence-corrected chi connectivity index (χ0v) is 45.1. The Morgan fingerprint density at radius 3 is 1.20 bits per heavy atom. The molecular weight excluding hydrogens is 1040 g/mol. The van der Waals surface area contributed by atoms with Crippen molar-refractivity contribution in [3.63, 3.8) is 0 Å². The van der Waals surface area contributed by atoms with E-state index in [0.717, 1.165) is 0 Å². The van der Waals surface area contributed by atoms with E-state index in [-0.39, 0.29) is 78.1 Å². The van der Waals surface area contributed by atoms with E-state index in [1.165, 1.54) is 72.8 Å². The summed E-state index contributed by atoms with van der Waals surface area (Å²) in [5.41, 5.74) is 2.28. The van der Waals surface area contributed by atoms with Crippen molar-refractivity contribution in [2.45, 2.75) is 115 Å². The number of carbonyl (C=O) groups is 1. The van der Waals surface area contributed by atoms with Crippen LogP contribution in [0.5, 0.6) is 0 Å². The largest absolute Gasteiger partial charge is 0.461 e. The van der Waals surface area contributed by atoms with Crippen molar-refractivity contribution in [3.8, 4) is 0 Å². The molecule has 0 saturated carbocycles. The normalized spacial score (nSPS) is 18.4. The summed E-state index contributed by atoms with van der Waals surface area (Å²) in [6.07, 6.45) is -0.979. The van der Waals surface area contributed by atoms with Crippen LogP contribution in [0.25, 0.3) is 0 Å². The monoisotopic (exact) mass is 1110 g/mol. The maximum Gasteiger partial charge on any atom is 0.306 e. The first kappa shape index (κ1) is 60.7. The van der Waals surface area contributed by atoms with Gasteiger partial charge in [-0.1, -0.05) is 76.2 Å². The molecule has 6 unspecified atom stereocenters. The summed E-state index contributed by atoms with van der Waals surface area (Å²) in [5.74, 6) is -3.34. The highest BCUT2D eigenvalue weighted by Gasteiger charge is 2.39. The zero-order valence-electron chi connectivity index (χ0n) is 41.8. The summed E-state index contributed by atoms with van der Waals surface area (Å²) in [6, 6.07) is 22.3. The van der Waals surface area contributed by atoms with Crippen LogP contribution in [0.1, 0.15) is 106 Å². The number of carbonyl (C=O) groups excluding carboxylic acids is 1. The summed E-state index contributed by atoms with van der Waals surface area (Å²) in [5, 5.41) is 0. The van der Waals surface area contributed by atoms with Crippen molar-refractivity contribution in [3.05, 3.63) is 119 Å². The van der Waals surface area contributed by atoms with E-state index in [9.17, 15) is 56.7 Å². The molecule has 1 aliphatic heterocycles. The summed E-state index contributed by atoms with van der Waals surface area (Å²) in [6.45, 7) is 10.4. The van der Waals surface area contributed by atoms with Gasteiger partial charge in [-0.3, -0.25) is 23.0 Å². The third-order valence-corrected chi connectivity index (χ3v) is 16.3. The first-order chi connectivity index (χ1) is 34.8. The molecule has 1 saturated heterocycles. The molecule has 410 valence electrons. The van der Waals surface area contributed by atoms with E-state index in [4.69, 9.17) is 28.4 Å². The third-order valence-electron chi connectivity index (χ3n) is 12.8. The van der Waals surface area contributed by atoms with Gasteiger partial charge in [-0.15, -0.1) is 0 Å². The Labute approximate surface area is 435 Å². The van der Waals surface area contributed by atoms with Crippen LogP contribution < -0.4 is 0 Å². The lowest BCUT2D eigenvalue weighted by Gasteiger charge is -2.38. The molecule has 0 aliphatic carbocycles. The summed E-state index contributed by atoms with van der Waals surface area (Å²) >= 11 is 0. The minimum atomic E-state index is -4.68. The fourth-order valence-corrected chi connectivity index (χ4v) is 11.0. The number of hydrogen-bond acceptors (Lipinski definition) is 15. The first-order valence-electron chi connectivity index (χ1n) is 24.2. The number of ether oxygens (including phenoxy) is 6. The van der Waals surface area contributed by atoms with E-state index in [1.807, 2.05) is 27.7 Å². The maximum atomic E-state index is 14.6. The Bertz CT molecular complexity index is 2820. The first-order valence-corrected chi connectivity index (χ1v) is 30.0. The predicted octanol–water partition coefficient (Wildman–Crippen LogP) is 7.75. The quantitative estimate of drug-likeness (QED) is 0.0458. The molecular formula is C51H68O19S4. The van der Waals surface area contributed by atoms with Crippen molar-refractivity contribution >= 4 is 46.4 Å². The lowest BCUT2D eigenvalue weighted by molar-refractivity contribution is -0.153. The van der Waals surface area contributed by atoms with Crippen molar-refractivity contribution in [2.24, 2.45) is 11.8 Å². The SMILES string of the molecule is CC(C)CC(c1ccc(S(=O)(=O)O)cc1)C(OC(=O)CCC1COCCOCCOCCOCCO1)C(CC(CC(c1ccc(S(=O)(=O)O)cc1)C(C)C)c1ccc(S(=O)(=O)O)cc1)c1ccc(S(=O)(=O)O)cc1. The zero-order chi connectivity index (χ0) is 54.3. The van der Waals surface area contributed by atoms with Gasteiger partial charge in [-0.05, 0) is 120 Å². The van der Waals surface area contributed by atoms with Gasteiger partial charge in [0.25, 0.3) is 40.5 Å². The second-order valence-corrected chi connectivity index (χ2v) is 24.6. The van der Waals surface area contributed by atoms with Gasteiger partial charge in [0, 0.05) is 18.3 Å². The Morgan fingerprint density at radius 1 is 0.486 bits per heavy atom. The molecule has 4 N–H and O–H groups in total. The molecule has 5 rings (SSSR count). The van der Waals surface area contributed by atoms with Crippen LogP contribution in [0.2, 0.25) is 0 Å². The van der Waals surface area contributed by atoms with Gasteiger partial charge < -0.3 is 28.4 Å². The number of esters is 1. The van der Waals surface area contributed by atoms with Gasteiger partial charge in [-0.2, -0.15) is 33.7 Å². The van der Waals surface area contributed by atoms with E-state index in [2.05, 4.69) is 0 Å². The average Bonchev–Trinajstić information content (AvgIpc) is 3.34. The minimum Gasteiger partial charge on any atom is -0.461 e. The molecule has 1 aliphatic rings. The van der Waals surface area contributed by atoms with E-state index >= 15 is 0 Å². The molecule has 0 radical (unpaired) electrons. The van der Waals surface area contributed by atoms with Gasteiger partial charge in [0.2, 0.25) is 0 Å². The van der Waals surface area contributed by atoms with Crippen LogP contribution in [-0.4, -0.2) is 130 Å². The van der Waals surface area contributed by atoms with Gasteiger partial charge in [-0.25, -0.2) is 0 Å². The fraction of sp³-hybridized carbons (Fsp3) is 0.510. The van der Waals surface area contributed by atoms with Crippen molar-refractivity contribution in [1.82, 2.24) is 0 Å². The summed E-state index contributed by atoms with van der Waals surface area (Å²) < 4.78 is 173. The number of benzene rings is 4. The fourth-order valence-electron chi connectivity index (χ4n) is 9.07. The molecule has 0 bridgehead atoms. The molecule has 0 spiro atoms. The smallest absolute Gasteiger partial charge is 0.306 e. The average molecular weight is 1110 g/mol. The Morgan fingerprint density at radius 2 is 0.824 bits per heavy atom. The van der Waals surface area contributed by atoms with Gasteiger partial charge in [0.05, 0.1) is 85.1 Å². The Kier molecular flexibility index (Phi) is 22.7. The van der Waals surface area contributed by atoms with Crippen LogP contribution in [0.15, 0.2) is 117 Å². The summed E-state index contributed by atoms with van der Waals surface area (Å²) in [7, 11) is -18.5. The Balaban J connectivity index is 1.67. The molecule has 23 heteroatoms. The van der Waals surface area contributed by atoms with E-state index in [0.29, 0.717) is 68.1 Å². The molecule has 6 atom stereocenters. The number of rotatable bonds is 21. The summed E-state index contributed by atoms with van der Waals surface area (Å²) in [4.78, 5) is 13.1. The van der Waals surface area contributed by atoms with Crippen LogP contribution in [0, 0.1) is 11.8 Å². The van der Waals surface area contributed by atoms with Gasteiger partial charge >= 0.3 is 5.97 Å². The molecule has 0 aromatic heterocycles. The maximum absolute atomic E-state index is 14.6. The molecule has 1 heterocycles. The van der Waals surface area contributed by atoms with Gasteiger partial charge in [0.15, 0.2) is 0 Å². The third kappa shape index (κ3) is 19.1. The van der Waals surface area contributed by atoms with Crippen molar-refractivity contribution in [2.75, 3.05) is 59.5 Å². The minimum absolute atomic E-state index is 0.0814. The van der Waals surface area contributed by atoms with Crippen LogP contribution >= 0.6 is 0 Å². The Hall–Kier alpha value is -4.21. The molecule has 74 heavy (non-hydrogen) atoms. The molecule has 0 amide bonds. The standard InChI is InChI=1S/C51H68O19S4/c1-35(2)31-48(39-9-18-45(19-10-39)73(59,60)61)51(70-50(52)22-13-42-34-68-28-27-66-24-23-65-25-26-67-29-30-69-42)49(40-11-20-46(21-12-40)74(62,63)64)33-41(37-5-14-43(15-6-37)71(53,54)55)32-47(36(3)4)38-7-16-44(17-8-38)72(56,57)58/h5-12,14-21,35-36,41-42,47-49,51H,13,22-34H2,1-4H3,(H,53,54,55)(H,56,57,58)(H,59,60,61)(H,62,63,64). The molecule has 1 fully saturated rings. The topological polar surface area (TPSA) is 290 Å². The van der Waals surface area contributed by atoms with Crippen LogP contribution in [0.3, 0.4) is 0 Å². The lowest BCUT2D eigenvalue weighted by Crippen LogP contribution is -2.34. The second kappa shape index (κ2) is 27.7. The molecule has 19 nitrogen and oxygen atoms in total. The highest BCUT2D eigenvalue weighted by Crippen LogP contribution is 2.46. The van der Waals surface area contributed by atoms with Crippen molar-refractivity contribution < 1.29 is 85.1 Å². The molecule has 4 aromatic carbocycles. The lowest BCUT2D eigenvalue weighted by atomic mass is 9.71. The van der Waals surface area contributed by atoms with E-state index in [1.54, 1.807) is 24.3 Å². The van der Waals surface area contributed by atoms with Gasteiger partial charge in [0.1, 0.15) is 6.10 Å². The predicted molar refractivity (Wildman–Crippen MR) is 272 cm³/mol. The van der Waals surface area contributed by atoms with Crippen LogP contribution in [0.4, 0.5) is 0 Å².